The van der Waals surface area contributed by atoms with Crippen molar-refractivity contribution in [1.29, 1.82) is 0 Å². The minimum Gasteiger partial charge on any atom is -0.207 e. The van der Waals surface area contributed by atoms with E-state index in [0.29, 0.717) is 12.3 Å². The van der Waals surface area contributed by atoms with E-state index in [1.54, 1.807) is 0 Å². The molecule has 1 aromatic carbocycles. The minimum absolute atomic E-state index is 0.0718. The van der Waals surface area contributed by atoms with E-state index in [0.717, 1.165) is 18.2 Å². The number of hydrogen-bond acceptors (Lipinski definition) is 0. The number of rotatable bonds is 4. The monoisotopic (exact) mass is 330 g/mol. The van der Waals surface area contributed by atoms with Gasteiger partial charge in [0.1, 0.15) is 0 Å². The predicted octanol–water partition coefficient (Wildman–Crippen LogP) is 5.69. The highest BCUT2D eigenvalue weighted by Gasteiger charge is 2.36. The molecule has 1 aliphatic carbocycles. The van der Waals surface area contributed by atoms with Gasteiger partial charge in [0.15, 0.2) is 0 Å². The quantitative estimate of drug-likeness (QED) is 0.622. The molecule has 2 atom stereocenters. The molecule has 19 heavy (non-hydrogen) atoms. The number of hydrogen-bond donors (Lipinski definition) is 0. The SMILES string of the molecule is Cc1ccc(C(CBr)CC2CCCC(F)(F)C2)cc1. The van der Waals surface area contributed by atoms with Gasteiger partial charge in [-0.1, -0.05) is 45.8 Å². The van der Waals surface area contributed by atoms with E-state index in [4.69, 9.17) is 0 Å². The van der Waals surface area contributed by atoms with Gasteiger partial charge < -0.3 is 0 Å². The summed E-state index contributed by atoms with van der Waals surface area (Å²) in [7, 11) is 0. The van der Waals surface area contributed by atoms with E-state index in [1.165, 1.54) is 11.1 Å². The van der Waals surface area contributed by atoms with Gasteiger partial charge in [-0.05, 0) is 43.6 Å². The average molecular weight is 331 g/mol. The van der Waals surface area contributed by atoms with Crippen molar-refractivity contribution in [3.05, 3.63) is 35.4 Å². The molecule has 0 amide bonds. The van der Waals surface area contributed by atoms with Gasteiger partial charge in [0.25, 0.3) is 0 Å². The zero-order valence-corrected chi connectivity index (χ0v) is 12.9. The third-order valence-corrected chi connectivity index (χ3v) is 4.88. The molecule has 0 heterocycles. The molecule has 0 N–H and O–H groups in total. The van der Waals surface area contributed by atoms with Gasteiger partial charge in [-0.3, -0.25) is 0 Å². The zero-order chi connectivity index (χ0) is 13.9. The van der Waals surface area contributed by atoms with Crippen LogP contribution in [0.5, 0.6) is 0 Å². The van der Waals surface area contributed by atoms with Crippen LogP contribution in [0.4, 0.5) is 8.78 Å². The third kappa shape index (κ3) is 4.27. The van der Waals surface area contributed by atoms with Crippen molar-refractivity contribution in [2.75, 3.05) is 5.33 Å². The summed E-state index contributed by atoms with van der Waals surface area (Å²) in [5.41, 5.74) is 2.50. The van der Waals surface area contributed by atoms with E-state index in [9.17, 15) is 8.78 Å². The first-order valence-electron chi connectivity index (χ1n) is 7.00. The van der Waals surface area contributed by atoms with E-state index >= 15 is 0 Å². The first-order chi connectivity index (χ1) is 9.00. The summed E-state index contributed by atoms with van der Waals surface area (Å²) < 4.78 is 26.9. The van der Waals surface area contributed by atoms with Crippen LogP contribution in [-0.2, 0) is 0 Å². The highest BCUT2D eigenvalue weighted by Crippen LogP contribution is 2.41. The number of alkyl halides is 3. The molecule has 1 saturated carbocycles. The maximum Gasteiger partial charge on any atom is 0.248 e. The Bertz CT molecular complexity index is 400. The smallest absolute Gasteiger partial charge is 0.207 e. The van der Waals surface area contributed by atoms with Gasteiger partial charge in [0, 0.05) is 18.2 Å². The number of aryl methyl sites for hydroxylation is 1. The summed E-state index contributed by atoms with van der Waals surface area (Å²) >= 11 is 3.54. The lowest BCUT2D eigenvalue weighted by molar-refractivity contribution is -0.0541. The van der Waals surface area contributed by atoms with Gasteiger partial charge in [0.2, 0.25) is 5.92 Å². The zero-order valence-electron chi connectivity index (χ0n) is 11.3. The maximum atomic E-state index is 13.5. The molecule has 0 nitrogen and oxygen atoms in total. The molecular weight excluding hydrogens is 310 g/mol. The summed E-state index contributed by atoms with van der Waals surface area (Å²) in [6.07, 6.45) is 2.63. The molecule has 0 radical (unpaired) electrons. The molecule has 1 aliphatic rings. The van der Waals surface area contributed by atoms with Crippen molar-refractivity contribution in [3.8, 4) is 0 Å². The lowest BCUT2D eigenvalue weighted by Crippen LogP contribution is -2.27. The Morgan fingerprint density at radius 3 is 2.58 bits per heavy atom. The van der Waals surface area contributed by atoms with Crippen LogP contribution >= 0.6 is 15.9 Å². The molecule has 2 unspecified atom stereocenters. The third-order valence-electron chi connectivity index (χ3n) is 4.10. The number of benzene rings is 1. The molecule has 0 aromatic heterocycles. The van der Waals surface area contributed by atoms with Crippen LogP contribution in [0, 0.1) is 12.8 Å². The Hall–Kier alpha value is -0.440. The fourth-order valence-corrected chi connectivity index (χ4v) is 3.64. The van der Waals surface area contributed by atoms with Crippen molar-refractivity contribution in [1.82, 2.24) is 0 Å². The van der Waals surface area contributed by atoms with Crippen LogP contribution in [0.1, 0.15) is 49.1 Å². The van der Waals surface area contributed by atoms with Crippen LogP contribution in [0.15, 0.2) is 24.3 Å². The average Bonchev–Trinajstić information content (AvgIpc) is 2.36. The van der Waals surface area contributed by atoms with Gasteiger partial charge >= 0.3 is 0 Å². The summed E-state index contributed by atoms with van der Waals surface area (Å²) in [5, 5.41) is 0.845. The molecule has 2 rings (SSSR count). The highest BCUT2D eigenvalue weighted by molar-refractivity contribution is 9.09. The fraction of sp³-hybridized carbons (Fsp3) is 0.625. The Labute approximate surface area is 122 Å². The fourth-order valence-electron chi connectivity index (χ4n) is 3.01. The van der Waals surface area contributed by atoms with Crippen molar-refractivity contribution in [2.45, 2.75) is 50.9 Å². The molecule has 1 fully saturated rings. The summed E-state index contributed by atoms with van der Waals surface area (Å²) in [4.78, 5) is 0. The Morgan fingerprint density at radius 2 is 2.00 bits per heavy atom. The first kappa shape index (κ1) is 15.0. The van der Waals surface area contributed by atoms with Gasteiger partial charge in [-0.25, -0.2) is 8.78 Å². The van der Waals surface area contributed by atoms with Gasteiger partial charge in [0.05, 0.1) is 0 Å². The Kier molecular flexibility index (Phi) is 4.99. The van der Waals surface area contributed by atoms with Crippen molar-refractivity contribution < 1.29 is 8.78 Å². The Morgan fingerprint density at radius 1 is 1.32 bits per heavy atom. The largest absolute Gasteiger partial charge is 0.248 e. The molecule has 0 bridgehead atoms. The highest BCUT2D eigenvalue weighted by atomic mass is 79.9. The number of halogens is 3. The Balaban J connectivity index is 2.01. The van der Waals surface area contributed by atoms with Crippen molar-refractivity contribution in [3.63, 3.8) is 0 Å². The lowest BCUT2D eigenvalue weighted by Gasteiger charge is -2.31. The topological polar surface area (TPSA) is 0 Å². The van der Waals surface area contributed by atoms with Crippen LogP contribution in [0.3, 0.4) is 0 Å². The molecule has 1 aromatic rings. The first-order valence-corrected chi connectivity index (χ1v) is 8.13. The van der Waals surface area contributed by atoms with E-state index in [1.807, 2.05) is 0 Å². The second kappa shape index (κ2) is 6.34. The molecule has 0 spiro atoms. The maximum absolute atomic E-state index is 13.5. The van der Waals surface area contributed by atoms with Crippen LogP contribution < -0.4 is 0 Å². The minimum atomic E-state index is -2.44. The van der Waals surface area contributed by atoms with Gasteiger partial charge in [-0.2, -0.15) is 0 Å². The van der Waals surface area contributed by atoms with Crippen LogP contribution in [0.25, 0.3) is 0 Å². The molecule has 0 saturated heterocycles. The normalized spacial score (nSPS) is 24.1. The summed E-state index contributed by atoms with van der Waals surface area (Å²) in [5.74, 6) is -1.93. The lowest BCUT2D eigenvalue weighted by atomic mass is 9.79. The van der Waals surface area contributed by atoms with Gasteiger partial charge in [-0.15, -0.1) is 0 Å². The van der Waals surface area contributed by atoms with Crippen LogP contribution in [0.2, 0.25) is 0 Å². The molecular formula is C16H21BrF2. The summed E-state index contributed by atoms with van der Waals surface area (Å²) in [6, 6.07) is 8.45. The van der Waals surface area contributed by atoms with E-state index < -0.39 is 5.92 Å². The molecule has 3 heteroatoms. The standard InChI is InChI=1S/C16H21BrF2/c1-12-4-6-14(7-5-12)15(11-17)9-13-3-2-8-16(18,19)10-13/h4-7,13,15H,2-3,8-11H2,1H3. The summed E-state index contributed by atoms with van der Waals surface area (Å²) in [6.45, 7) is 2.06. The predicted molar refractivity (Wildman–Crippen MR) is 79.2 cm³/mol. The second-order valence-electron chi connectivity index (χ2n) is 5.82. The van der Waals surface area contributed by atoms with Crippen molar-refractivity contribution >= 4 is 15.9 Å². The van der Waals surface area contributed by atoms with E-state index in [-0.39, 0.29) is 18.8 Å². The second-order valence-corrected chi connectivity index (χ2v) is 6.46. The van der Waals surface area contributed by atoms with Crippen LogP contribution in [-0.4, -0.2) is 11.3 Å². The van der Waals surface area contributed by atoms with E-state index in [2.05, 4.69) is 47.1 Å². The molecule has 0 aliphatic heterocycles. The van der Waals surface area contributed by atoms with Crippen molar-refractivity contribution in [2.24, 2.45) is 5.92 Å². The molecule has 106 valence electrons.